The second-order valence-corrected chi connectivity index (χ2v) is 11.7. The van der Waals surface area contributed by atoms with E-state index in [4.69, 9.17) is 4.98 Å². The zero-order valence-corrected chi connectivity index (χ0v) is 20.8. The molecule has 32 heavy (non-hydrogen) atoms. The maximum Gasteiger partial charge on any atom is 0.221 e. The number of hydrogen-bond acceptors (Lipinski definition) is 7. The van der Waals surface area contributed by atoms with Gasteiger partial charge >= 0.3 is 0 Å². The predicted octanol–water partition coefficient (Wildman–Crippen LogP) is 3.16. The summed E-state index contributed by atoms with van der Waals surface area (Å²) in [7, 11) is -3.43. The Labute approximate surface area is 200 Å². The normalized spacial score (nSPS) is 15.2. The lowest BCUT2D eigenvalue weighted by Crippen LogP contribution is -2.48. The molecule has 170 valence electrons. The average Bonchev–Trinajstić information content (AvgIpc) is 3.22. The van der Waals surface area contributed by atoms with Crippen molar-refractivity contribution < 1.29 is 13.2 Å². The minimum absolute atomic E-state index is 0.0290. The van der Waals surface area contributed by atoms with Crippen molar-refractivity contribution in [3.8, 4) is 0 Å². The van der Waals surface area contributed by atoms with E-state index in [1.165, 1.54) is 4.70 Å². The molecule has 1 saturated heterocycles. The van der Waals surface area contributed by atoms with Gasteiger partial charge in [0.25, 0.3) is 0 Å². The largest absolute Gasteiger partial charge is 0.355 e. The summed E-state index contributed by atoms with van der Waals surface area (Å²) in [5.74, 6) is -0.413. The number of carbonyl (C=O) groups is 1. The minimum Gasteiger partial charge on any atom is -0.355 e. The van der Waals surface area contributed by atoms with Crippen molar-refractivity contribution in [1.82, 2.24) is 15.2 Å². The number of carbonyl (C=O) groups excluding carboxylic acids is 1. The molecule has 4 rings (SSSR count). The molecule has 7 nitrogen and oxygen atoms in total. The summed E-state index contributed by atoms with van der Waals surface area (Å²) in [5.41, 5.74) is 1.02. The van der Waals surface area contributed by atoms with E-state index in [0.717, 1.165) is 47.8 Å². The van der Waals surface area contributed by atoms with Crippen LogP contribution in [0.15, 0.2) is 57.9 Å². The molecule has 1 aliphatic rings. The number of halogens is 1. The fourth-order valence-corrected chi connectivity index (χ4v) is 6.43. The first-order valence-electron chi connectivity index (χ1n) is 10.5. The van der Waals surface area contributed by atoms with Gasteiger partial charge in [0.05, 0.1) is 20.9 Å². The summed E-state index contributed by atoms with van der Waals surface area (Å²) >= 11 is 5.22. The van der Waals surface area contributed by atoms with Crippen molar-refractivity contribution in [1.29, 1.82) is 0 Å². The highest BCUT2D eigenvalue weighted by molar-refractivity contribution is 9.10. The fraction of sp³-hybridized carbons (Fsp3) is 0.364. The van der Waals surface area contributed by atoms with Crippen LogP contribution in [0.3, 0.4) is 0 Å². The van der Waals surface area contributed by atoms with E-state index >= 15 is 0 Å². The molecule has 1 aromatic heterocycles. The number of sulfone groups is 1. The monoisotopic (exact) mass is 536 g/mol. The van der Waals surface area contributed by atoms with Crippen LogP contribution in [0.4, 0.5) is 5.13 Å². The number of anilines is 1. The molecule has 1 N–H and O–H groups in total. The number of aromatic nitrogens is 1. The van der Waals surface area contributed by atoms with Gasteiger partial charge in [0.1, 0.15) is 0 Å². The summed E-state index contributed by atoms with van der Waals surface area (Å²) in [6.45, 7) is 4.85. The zero-order chi connectivity index (χ0) is 22.6. The molecule has 0 aliphatic carbocycles. The quantitative estimate of drug-likeness (QED) is 0.476. The zero-order valence-electron chi connectivity index (χ0n) is 17.5. The summed E-state index contributed by atoms with van der Waals surface area (Å²) in [5, 5.41) is 3.89. The van der Waals surface area contributed by atoms with Gasteiger partial charge in [-0.1, -0.05) is 45.5 Å². The number of nitrogens with one attached hydrogen (secondary N) is 1. The number of hydrogen-bond donors (Lipinski definition) is 1. The Hall–Kier alpha value is -2.01. The molecule has 1 amide bonds. The standard InChI is InChI=1S/C22H25BrN4O3S2/c23-17-6-7-19-20(16-17)31-22(25-19)27-13-11-26(12-14-27)10-9-24-21(28)8-15-32(29,30)18-4-2-1-3-5-18/h1-7,16H,8-15H2,(H,24,28). The van der Waals surface area contributed by atoms with Crippen LogP contribution in [0, 0.1) is 0 Å². The van der Waals surface area contributed by atoms with E-state index in [-0.39, 0.29) is 23.0 Å². The second kappa shape index (κ2) is 10.3. The lowest BCUT2D eigenvalue weighted by atomic mass is 10.3. The first-order valence-corrected chi connectivity index (χ1v) is 13.7. The van der Waals surface area contributed by atoms with Crippen molar-refractivity contribution in [2.75, 3.05) is 49.9 Å². The molecule has 1 aliphatic heterocycles. The summed E-state index contributed by atoms with van der Waals surface area (Å²) < 4.78 is 26.8. The Morgan fingerprint density at radius 1 is 1.09 bits per heavy atom. The van der Waals surface area contributed by atoms with Crippen molar-refractivity contribution in [2.45, 2.75) is 11.3 Å². The van der Waals surface area contributed by atoms with E-state index < -0.39 is 9.84 Å². The van der Waals surface area contributed by atoms with Gasteiger partial charge in [0.2, 0.25) is 5.91 Å². The molecular formula is C22H25BrN4O3S2. The Kier molecular flexibility index (Phi) is 7.44. The summed E-state index contributed by atoms with van der Waals surface area (Å²) in [4.78, 5) is 21.7. The van der Waals surface area contributed by atoms with E-state index in [9.17, 15) is 13.2 Å². The van der Waals surface area contributed by atoms with Gasteiger partial charge in [-0.05, 0) is 30.3 Å². The van der Waals surface area contributed by atoms with E-state index in [1.807, 2.05) is 12.1 Å². The van der Waals surface area contributed by atoms with Crippen LogP contribution >= 0.6 is 27.3 Å². The number of nitrogens with zero attached hydrogens (tertiary/aromatic N) is 3. The Bertz CT molecular complexity index is 1180. The Morgan fingerprint density at radius 3 is 2.59 bits per heavy atom. The first-order chi connectivity index (χ1) is 15.4. The number of fused-ring (bicyclic) bond motifs is 1. The molecule has 0 saturated carbocycles. The van der Waals surface area contributed by atoms with Crippen LogP contribution < -0.4 is 10.2 Å². The lowest BCUT2D eigenvalue weighted by molar-refractivity contribution is -0.120. The van der Waals surface area contributed by atoms with E-state index in [0.29, 0.717) is 6.54 Å². The number of piperazine rings is 1. The highest BCUT2D eigenvalue weighted by Gasteiger charge is 2.20. The third kappa shape index (κ3) is 5.86. The molecule has 2 heterocycles. The fourth-order valence-electron chi connectivity index (χ4n) is 3.60. The third-order valence-electron chi connectivity index (χ3n) is 5.43. The molecule has 0 unspecified atom stereocenters. The van der Waals surface area contributed by atoms with Gasteiger partial charge < -0.3 is 10.2 Å². The molecule has 0 atom stereocenters. The number of amides is 1. The van der Waals surface area contributed by atoms with Crippen molar-refractivity contribution >= 4 is 58.4 Å². The van der Waals surface area contributed by atoms with Gasteiger partial charge in [-0.25, -0.2) is 13.4 Å². The van der Waals surface area contributed by atoms with Crippen LogP contribution in [-0.4, -0.2) is 69.2 Å². The third-order valence-corrected chi connectivity index (χ3v) is 8.74. The number of rotatable bonds is 8. The SMILES string of the molecule is O=C(CCS(=O)(=O)c1ccccc1)NCCN1CCN(c2nc3ccc(Br)cc3s2)CC1. The molecule has 0 spiro atoms. The molecule has 0 bridgehead atoms. The maximum absolute atomic E-state index is 12.3. The van der Waals surface area contributed by atoms with Gasteiger partial charge in [-0.2, -0.15) is 0 Å². The second-order valence-electron chi connectivity index (χ2n) is 7.67. The van der Waals surface area contributed by atoms with E-state index in [1.54, 1.807) is 41.7 Å². The Balaban J connectivity index is 1.18. The molecular weight excluding hydrogens is 512 g/mol. The van der Waals surface area contributed by atoms with Gasteiger partial charge in [-0.15, -0.1) is 0 Å². The van der Waals surface area contributed by atoms with Gasteiger partial charge in [0, 0.05) is 50.2 Å². The highest BCUT2D eigenvalue weighted by Crippen LogP contribution is 2.31. The molecule has 0 radical (unpaired) electrons. The number of benzene rings is 2. The molecule has 1 fully saturated rings. The first kappa shape index (κ1) is 23.2. The lowest BCUT2D eigenvalue weighted by Gasteiger charge is -2.34. The molecule has 3 aromatic rings. The smallest absolute Gasteiger partial charge is 0.221 e. The van der Waals surface area contributed by atoms with Crippen molar-refractivity contribution in [3.05, 3.63) is 53.0 Å². The highest BCUT2D eigenvalue weighted by atomic mass is 79.9. The summed E-state index contributed by atoms with van der Waals surface area (Å²) in [6, 6.07) is 14.4. The number of thiazole rings is 1. The Morgan fingerprint density at radius 2 is 1.84 bits per heavy atom. The van der Waals surface area contributed by atoms with Gasteiger partial charge in [-0.3, -0.25) is 9.69 Å². The van der Waals surface area contributed by atoms with Crippen LogP contribution in [0.1, 0.15) is 6.42 Å². The maximum atomic E-state index is 12.3. The van der Waals surface area contributed by atoms with Crippen LogP contribution in [-0.2, 0) is 14.6 Å². The van der Waals surface area contributed by atoms with Crippen molar-refractivity contribution in [3.63, 3.8) is 0 Å². The van der Waals surface area contributed by atoms with Crippen LogP contribution in [0.5, 0.6) is 0 Å². The predicted molar refractivity (Wildman–Crippen MR) is 132 cm³/mol. The van der Waals surface area contributed by atoms with Crippen LogP contribution in [0.2, 0.25) is 0 Å². The summed E-state index contributed by atoms with van der Waals surface area (Å²) in [6.07, 6.45) is -0.0290. The topological polar surface area (TPSA) is 82.6 Å². The molecule has 2 aromatic carbocycles. The molecule has 10 heteroatoms. The van der Waals surface area contributed by atoms with E-state index in [2.05, 4.69) is 37.1 Å². The van der Waals surface area contributed by atoms with Crippen LogP contribution in [0.25, 0.3) is 10.2 Å². The van der Waals surface area contributed by atoms with Gasteiger partial charge in [0.15, 0.2) is 15.0 Å². The van der Waals surface area contributed by atoms with Crippen molar-refractivity contribution in [2.24, 2.45) is 0 Å². The average molecular weight is 538 g/mol. The minimum atomic E-state index is -3.43.